The van der Waals surface area contributed by atoms with Gasteiger partial charge in [-0.1, -0.05) is 0 Å². The van der Waals surface area contributed by atoms with Crippen molar-refractivity contribution >= 4 is 11.6 Å². The van der Waals surface area contributed by atoms with Gasteiger partial charge in [-0.05, 0) is 12.1 Å². The molecule has 0 aliphatic carbocycles. The summed E-state index contributed by atoms with van der Waals surface area (Å²) in [5, 5.41) is 6.70. The summed E-state index contributed by atoms with van der Waals surface area (Å²) in [4.78, 5) is 19.6. The zero-order chi connectivity index (χ0) is 12.3. The summed E-state index contributed by atoms with van der Waals surface area (Å²) in [6, 6.07) is 3.14. The third-order valence-corrected chi connectivity index (χ3v) is 2.07. The molecule has 88 valence electrons. The largest absolute Gasteiger partial charge is 0.399 e. The Bertz CT molecular complexity index is 535. The number of hydrogen-bond donors (Lipinski definition) is 2. The van der Waals surface area contributed by atoms with Crippen molar-refractivity contribution in [1.29, 1.82) is 0 Å². The first-order valence-electron chi connectivity index (χ1n) is 4.99. The van der Waals surface area contributed by atoms with Crippen molar-refractivity contribution < 1.29 is 4.79 Å². The average Bonchev–Trinajstić information content (AvgIpc) is 2.72. The molecule has 2 aromatic rings. The number of amides is 1. The van der Waals surface area contributed by atoms with Gasteiger partial charge in [-0.2, -0.15) is 5.10 Å². The number of nitrogens with zero attached hydrogens (tertiary/aromatic N) is 4. The maximum Gasteiger partial charge on any atom is 0.270 e. The summed E-state index contributed by atoms with van der Waals surface area (Å²) in [7, 11) is 1.76. The Morgan fingerprint density at radius 1 is 1.53 bits per heavy atom. The van der Waals surface area contributed by atoms with Gasteiger partial charge in [0.15, 0.2) is 5.82 Å². The SMILES string of the molecule is Cn1cnc(CNC(=O)c2cc(N)ccn2)n1. The van der Waals surface area contributed by atoms with E-state index >= 15 is 0 Å². The lowest BCUT2D eigenvalue weighted by Gasteiger charge is -2.02. The molecule has 2 aromatic heterocycles. The number of carbonyl (C=O) groups is 1. The smallest absolute Gasteiger partial charge is 0.270 e. The number of anilines is 1. The molecule has 0 aliphatic heterocycles. The van der Waals surface area contributed by atoms with Crippen LogP contribution in [0.25, 0.3) is 0 Å². The topological polar surface area (TPSA) is 98.7 Å². The highest BCUT2D eigenvalue weighted by Gasteiger charge is 2.08. The van der Waals surface area contributed by atoms with Crippen LogP contribution >= 0.6 is 0 Å². The lowest BCUT2D eigenvalue weighted by molar-refractivity contribution is 0.0945. The molecular weight excluding hydrogens is 220 g/mol. The standard InChI is InChI=1S/C10H12N6O/c1-16-6-14-9(15-16)5-13-10(17)8-4-7(11)2-3-12-8/h2-4,6H,5H2,1H3,(H2,11,12)(H,13,17). The van der Waals surface area contributed by atoms with E-state index in [1.807, 2.05) is 0 Å². The number of nitrogen functional groups attached to an aromatic ring is 1. The number of nitrogens with two attached hydrogens (primary N) is 1. The second-order valence-corrected chi connectivity index (χ2v) is 3.49. The minimum Gasteiger partial charge on any atom is -0.399 e. The van der Waals surface area contributed by atoms with Gasteiger partial charge in [-0.3, -0.25) is 14.5 Å². The summed E-state index contributed by atoms with van der Waals surface area (Å²) in [6.07, 6.45) is 3.06. The molecule has 0 fully saturated rings. The Kier molecular flexibility index (Phi) is 2.99. The number of hydrogen-bond acceptors (Lipinski definition) is 5. The number of aromatic nitrogens is 4. The van der Waals surface area contributed by atoms with Crippen molar-refractivity contribution in [2.24, 2.45) is 7.05 Å². The predicted octanol–water partition coefficient (Wildman–Crippen LogP) is -0.278. The first-order chi connectivity index (χ1) is 8.15. The van der Waals surface area contributed by atoms with Crippen molar-refractivity contribution in [2.75, 3.05) is 5.73 Å². The van der Waals surface area contributed by atoms with E-state index in [1.54, 1.807) is 24.1 Å². The van der Waals surface area contributed by atoms with Crippen molar-refractivity contribution in [1.82, 2.24) is 25.1 Å². The molecule has 2 rings (SSSR count). The number of nitrogens with one attached hydrogen (secondary N) is 1. The molecule has 1 amide bonds. The van der Waals surface area contributed by atoms with Gasteiger partial charge in [0, 0.05) is 18.9 Å². The minimum atomic E-state index is -0.301. The monoisotopic (exact) mass is 232 g/mol. The second-order valence-electron chi connectivity index (χ2n) is 3.49. The summed E-state index contributed by atoms with van der Waals surface area (Å²) in [6.45, 7) is 0.260. The molecule has 0 aliphatic rings. The number of aryl methyl sites for hydroxylation is 1. The molecule has 7 heteroatoms. The van der Waals surface area contributed by atoms with Crippen LogP contribution in [-0.4, -0.2) is 25.7 Å². The van der Waals surface area contributed by atoms with Gasteiger partial charge in [0.2, 0.25) is 0 Å². The minimum absolute atomic E-state index is 0.260. The summed E-state index contributed by atoms with van der Waals surface area (Å²) in [5.41, 5.74) is 6.34. The van der Waals surface area contributed by atoms with Gasteiger partial charge in [-0.15, -0.1) is 0 Å². The maximum atomic E-state index is 11.7. The third kappa shape index (κ3) is 2.77. The van der Waals surface area contributed by atoms with Gasteiger partial charge >= 0.3 is 0 Å². The van der Waals surface area contributed by atoms with Crippen LogP contribution in [0.15, 0.2) is 24.7 Å². The van der Waals surface area contributed by atoms with E-state index in [4.69, 9.17) is 5.73 Å². The van der Waals surface area contributed by atoms with Crippen LogP contribution in [0.1, 0.15) is 16.3 Å². The first-order valence-corrected chi connectivity index (χ1v) is 4.99. The fourth-order valence-corrected chi connectivity index (χ4v) is 1.29. The molecule has 0 radical (unpaired) electrons. The lowest BCUT2D eigenvalue weighted by atomic mass is 10.3. The molecule has 7 nitrogen and oxygen atoms in total. The van der Waals surface area contributed by atoms with E-state index in [0.29, 0.717) is 11.5 Å². The predicted molar refractivity (Wildman–Crippen MR) is 60.8 cm³/mol. The summed E-state index contributed by atoms with van der Waals surface area (Å²) >= 11 is 0. The van der Waals surface area contributed by atoms with Crippen molar-refractivity contribution in [3.63, 3.8) is 0 Å². The van der Waals surface area contributed by atoms with Crippen LogP contribution in [0, 0.1) is 0 Å². The Hall–Kier alpha value is -2.44. The molecule has 0 saturated carbocycles. The lowest BCUT2D eigenvalue weighted by Crippen LogP contribution is -2.24. The first kappa shape index (κ1) is 11.1. The van der Waals surface area contributed by atoms with Gasteiger partial charge in [-0.25, -0.2) is 4.98 Å². The molecule has 17 heavy (non-hydrogen) atoms. The highest BCUT2D eigenvalue weighted by molar-refractivity contribution is 5.92. The third-order valence-electron chi connectivity index (χ3n) is 2.07. The summed E-state index contributed by atoms with van der Waals surface area (Å²) < 4.78 is 1.57. The van der Waals surface area contributed by atoms with Crippen molar-refractivity contribution in [3.8, 4) is 0 Å². The highest BCUT2D eigenvalue weighted by Crippen LogP contribution is 2.02. The van der Waals surface area contributed by atoms with Gasteiger partial charge in [0.25, 0.3) is 5.91 Å². The zero-order valence-corrected chi connectivity index (χ0v) is 9.29. The van der Waals surface area contributed by atoms with E-state index < -0.39 is 0 Å². The number of carbonyl (C=O) groups excluding carboxylic acids is 1. The number of pyridine rings is 1. The van der Waals surface area contributed by atoms with E-state index in [2.05, 4.69) is 20.4 Å². The van der Waals surface area contributed by atoms with E-state index in [1.165, 1.54) is 12.3 Å². The zero-order valence-electron chi connectivity index (χ0n) is 9.29. The van der Waals surface area contributed by atoms with E-state index in [0.717, 1.165) is 0 Å². The molecular formula is C10H12N6O. The molecule has 0 unspecified atom stereocenters. The molecule has 3 N–H and O–H groups in total. The van der Waals surface area contributed by atoms with Crippen LogP contribution in [0.5, 0.6) is 0 Å². The maximum absolute atomic E-state index is 11.7. The molecule has 0 saturated heterocycles. The second kappa shape index (κ2) is 4.60. The van der Waals surface area contributed by atoms with Crippen LogP contribution in [-0.2, 0) is 13.6 Å². The van der Waals surface area contributed by atoms with E-state index in [9.17, 15) is 4.79 Å². The van der Waals surface area contributed by atoms with Gasteiger partial charge < -0.3 is 11.1 Å². The molecule has 0 aromatic carbocycles. The van der Waals surface area contributed by atoms with E-state index in [-0.39, 0.29) is 18.1 Å². The highest BCUT2D eigenvalue weighted by atomic mass is 16.1. The summed E-state index contributed by atoms with van der Waals surface area (Å²) in [5.74, 6) is 0.245. The van der Waals surface area contributed by atoms with Crippen molar-refractivity contribution in [3.05, 3.63) is 36.2 Å². The van der Waals surface area contributed by atoms with Crippen LogP contribution < -0.4 is 11.1 Å². The average molecular weight is 232 g/mol. The molecule has 0 bridgehead atoms. The van der Waals surface area contributed by atoms with Gasteiger partial charge in [0.1, 0.15) is 12.0 Å². The Morgan fingerprint density at radius 2 is 2.35 bits per heavy atom. The fourth-order valence-electron chi connectivity index (χ4n) is 1.29. The van der Waals surface area contributed by atoms with Crippen LogP contribution in [0.2, 0.25) is 0 Å². The Balaban J connectivity index is 1.98. The Labute approximate surface area is 97.7 Å². The number of rotatable bonds is 3. The quantitative estimate of drug-likeness (QED) is 0.758. The van der Waals surface area contributed by atoms with Gasteiger partial charge in [0.05, 0.1) is 6.54 Å². The van der Waals surface area contributed by atoms with Crippen LogP contribution in [0.4, 0.5) is 5.69 Å². The fraction of sp³-hybridized carbons (Fsp3) is 0.200. The normalized spacial score (nSPS) is 10.2. The Morgan fingerprint density at radius 3 is 3.00 bits per heavy atom. The van der Waals surface area contributed by atoms with Crippen molar-refractivity contribution in [2.45, 2.75) is 6.54 Å². The molecule has 2 heterocycles. The molecule has 0 spiro atoms. The molecule has 0 atom stereocenters. The van der Waals surface area contributed by atoms with Crippen LogP contribution in [0.3, 0.4) is 0 Å².